The molecule has 0 aliphatic carbocycles. The van der Waals surface area contributed by atoms with Gasteiger partial charge in [-0.15, -0.1) is 15.3 Å². The highest BCUT2D eigenvalue weighted by molar-refractivity contribution is 7.14. The third-order valence-corrected chi connectivity index (χ3v) is 6.47. The molecule has 0 bridgehead atoms. The van der Waals surface area contributed by atoms with E-state index >= 15 is 0 Å². The summed E-state index contributed by atoms with van der Waals surface area (Å²) in [6.07, 6.45) is 1.58. The largest absolute Gasteiger partial charge is 0.497 e. The zero-order valence-electron chi connectivity index (χ0n) is 20.3. The zero-order chi connectivity index (χ0) is 25.6. The Hall–Kier alpha value is -4.64. The Balaban J connectivity index is 1.25. The number of carbonyl (C=O) groups is 1. The molecule has 5 aromatic rings. The average Bonchev–Trinajstić information content (AvgIpc) is 3.62. The molecule has 10 nitrogen and oxygen atoms in total. The maximum Gasteiger partial charge on any atom is 0.273 e. The Morgan fingerprint density at radius 3 is 2.57 bits per heavy atom. The fraction of sp³-hybridized carbons (Fsp3) is 0.154. The topological polar surface area (TPSA) is 120 Å². The number of methoxy groups -OCH3 is 1. The number of aromatic nitrogens is 6. The molecule has 11 heteroatoms. The van der Waals surface area contributed by atoms with Gasteiger partial charge in [0.05, 0.1) is 19.9 Å². The second-order valence-corrected chi connectivity index (χ2v) is 9.18. The van der Waals surface area contributed by atoms with E-state index in [4.69, 9.17) is 4.74 Å². The molecule has 1 amide bonds. The maximum atomic E-state index is 12.7. The lowest BCUT2D eigenvalue weighted by molar-refractivity contribution is 0.0945. The minimum atomic E-state index is -0.351. The number of carbonyl (C=O) groups excluding carboxylic acids is 1. The summed E-state index contributed by atoms with van der Waals surface area (Å²) in [5.41, 5.74) is 3.78. The van der Waals surface area contributed by atoms with Crippen LogP contribution in [0.1, 0.15) is 26.8 Å². The van der Waals surface area contributed by atoms with E-state index in [1.807, 2.05) is 73.7 Å². The number of nitrogens with one attached hydrogen (secondary N) is 2. The van der Waals surface area contributed by atoms with Crippen LogP contribution in [0.15, 0.2) is 72.9 Å². The second-order valence-electron chi connectivity index (χ2n) is 8.12. The third-order valence-electron chi connectivity index (χ3n) is 5.49. The van der Waals surface area contributed by atoms with Gasteiger partial charge in [-0.1, -0.05) is 59.0 Å². The molecular formula is C26H24N8O2S. The Labute approximate surface area is 217 Å². The fourth-order valence-electron chi connectivity index (χ4n) is 3.55. The molecular weight excluding hydrogens is 488 g/mol. The summed E-state index contributed by atoms with van der Waals surface area (Å²) in [6.45, 7) is 2.72. The quantitative estimate of drug-likeness (QED) is 0.304. The van der Waals surface area contributed by atoms with E-state index in [1.54, 1.807) is 13.3 Å². The van der Waals surface area contributed by atoms with Crippen molar-refractivity contribution in [2.45, 2.75) is 20.0 Å². The van der Waals surface area contributed by atoms with Crippen molar-refractivity contribution in [3.8, 4) is 22.0 Å². The first-order valence-corrected chi connectivity index (χ1v) is 12.3. The second kappa shape index (κ2) is 11.0. The van der Waals surface area contributed by atoms with E-state index in [-0.39, 0.29) is 18.1 Å². The van der Waals surface area contributed by atoms with Crippen molar-refractivity contribution in [1.29, 1.82) is 0 Å². The number of rotatable bonds is 9. The van der Waals surface area contributed by atoms with E-state index in [9.17, 15) is 4.79 Å². The Bertz CT molecular complexity index is 1500. The smallest absolute Gasteiger partial charge is 0.273 e. The minimum Gasteiger partial charge on any atom is -0.497 e. The lowest BCUT2D eigenvalue weighted by atomic mass is 10.2. The van der Waals surface area contributed by atoms with Crippen LogP contribution in [0.25, 0.3) is 16.3 Å². The van der Waals surface area contributed by atoms with Crippen molar-refractivity contribution >= 4 is 23.1 Å². The van der Waals surface area contributed by atoms with Crippen molar-refractivity contribution in [3.05, 3.63) is 94.9 Å². The van der Waals surface area contributed by atoms with E-state index in [0.29, 0.717) is 23.1 Å². The predicted molar refractivity (Wildman–Crippen MR) is 141 cm³/mol. The van der Waals surface area contributed by atoms with Crippen molar-refractivity contribution in [2.75, 3.05) is 12.4 Å². The molecule has 0 saturated carbocycles. The monoisotopic (exact) mass is 512 g/mol. The van der Waals surface area contributed by atoms with Gasteiger partial charge in [0.2, 0.25) is 0 Å². The summed E-state index contributed by atoms with van der Waals surface area (Å²) in [5.74, 6) is 1.08. The molecule has 37 heavy (non-hydrogen) atoms. The Morgan fingerprint density at radius 1 is 0.973 bits per heavy atom. The first-order valence-electron chi connectivity index (χ1n) is 11.5. The normalized spacial score (nSPS) is 10.8. The highest BCUT2D eigenvalue weighted by Gasteiger charge is 2.15. The number of amides is 1. The number of ether oxygens (including phenoxy) is 1. The number of benzene rings is 2. The minimum absolute atomic E-state index is 0.189. The van der Waals surface area contributed by atoms with Gasteiger partial charge in [-0.2, -0.15) is 0 Å². The van der Waals surface area contributed by atoms with Crippen molar-refractivity contribution < 1.29 is 9.53 Å². The molecule has 5 rings (SSSR count). The summed E-state index contributed by atoms with van der Waals surface area (Å²) >= 11 is 1.43. The van der Waals surface area contributed by atoms with Crippen LogP contribution in [0.2, 0.25) is 0 Å². The van der Waals surface area contributed by atoms with E-state index in [1.165, 1.54) is 16.0 Å². The molecule has 3 heterocycles. The molecule has 186 valence electrons. The zero-order valence-corrected chi connectivity index (χ0v) is 21.1. The van der Waals surface area contributed by atoms with Crippen LogP contribution < -0.4 is 15.4 Å². The van der Waals surface area contributed by atoms with Gasteiger partial charge < -0.3 is 15.4 Å². The van der Waals surface area contributed by atoms with Crippen molar-refractivity contribution in [1.82, 2.24) is 35.5 Å². The standard InChI is InChI=1S/C26H24N8O2S/c1-17-8-13-22(24(29-17)27-14-18-9-11-20(36-2)12-10-18)34-16-21(30-33-34)25(35)28-15-23-31-32-26(37-23)19-6-4-3-5-7-19/h3-13,16H,14-15H2,1-2H3,(H,27,29)(H,28,35). The van der Waals surface area contributed by atoms with Crippen LogP contribution in [0.5, 0.6) is 5.75 Å². The van der Waals surface area contributed by atoms with Crippen LogP contribution >= 0.6 is 11.3 Å². The summed E-state index contributed by atoms with van der Waals surface area (Å²) in [5, 5.41) is 24.3. The number of pyridine rings is 1. The molecule has 0 aliphatic rings. The molecule has 0 spiro atoms. The van der Waals surface area contributed by atoms with E-state index < -0.39 is 0 Å². The van der Waals surface area contributed by atoms with Gasteiger partial charge in [0.25, 0.3) is 5.91 Å². The van der Waals surface area contributed by atoms with Crippen molar-refractivity contribution in [3.63, 3.8) is 0 Å². The van der Waals surface area contributed by atoms with Crippen LogP contribution in [-0.4, -0.2) is 43.2 Å². The molecule has 2 N–H and O–H groups in total. The number of hydrogen-bond acceptors (Lipinski definition) is 9. The van der Waals surface area contributed by atoms with Gasteiger partial charge in [-0.05, 0) is 36.8 Å². The predicted octanol–water partition coefficient (Wildman–Crippen LogP) is 4.04. The maximum absolute atomic E-state index is 12.7. The lowest BCUT2D eigenvalue weighted by Crippen LogP contribution is -2.23. The summed E-state index contributed by atoms with van der Waals surface area (Å²) in [6, 6.07) is 21.4. The van der Waals surface area contributed by atoms with E-state index in [0.717, 1.165) is 27.6 Å². The molecule has 0 radical (unpaired) electrons. The van der Waals surface area contributed by atoms with Gasteiger partial charge in [-0.25, -0.2) is 9.67 Å². The first kappa shape index (κ1) is 24.1. The van der Waals surface area contributed by atoms with Crippen molar-refractivity contribution in [2.24, 2.45) is 0 Å². The van der Waals surface area contributed by atoms with Crippen LogP contribution in [0, 0.1) is 6.92 Å². The molecule has 0 saturated heterocycles. The van der Waals surface area contributed by atoms with Gasteiger partial charge in [-0.3, -0.25) is 4.79 Å². The SMILES string of the molecule is COc1ccc(CNc2nc(C)ccc2-n2cc(C(=O)NCc3nnc(-c4ccccc4)s3)nn2)cc1. The van der Waals surface area contributed by atoms with Gasteiger partial charge in [0.1, 0.15) is 21.5 Å². The summed E-state index contributed by atoms with van der Waals surface area (Å²) < 4.78 is 6.76. The summed E-state index contributed by atoms with van der Waals surface area (Å²) in [4.78, 5) is 17.3. The molecule has 0 atom stereocenters. The summed E-state index contributed by atoms with van der Waals surface area (Å²) in [7, 11) is 1.64. The average molecular weight is 513 g/mol. The number of anilines is 1. The van der Waals surface area contributed by atoms with Crippen LogP contribution in [0.3, 0.4) is 0 Å². The van der Waals surface area contributed by atoms with Gasteiger partial charge in [0, 0.05) is 17.8 Å². The molecule has 2 aromatic carbocycles. The lowest BCUT2D eigenvalue weighted by Gasteiger charge is -2.12. The molecule has 0 fully saturated rings. The highest BCUT2D eigenvalue weighted by atomic mass is 32.1. The molecule has 0 unspecified atom stereocenters. The fourth-order valence-corrected chi connectivity index (χ4v) is 4.33. The van der Waals surface area contributed by atoms with Gasteiger partial charge >= 0.3 is 0 Å². The number of hydrogen-bond donors (Lipinski definition) is 2. The Kier molecular flexibility index (Phi) is 7.13. The third kappa shape index (κ3) is 5.78. The molecule has 3 aromatic heterocycles. The number of nitrogens with zero attached hydrogens (tertiary/aromatic N) is 6. The number of aryl methyl sites for hydroxylation is 1. The highest BCUT2D eigenvalue weighted by Crippen LogP contribution is 2.23. The van der Waals surface area contributed by atoms with Crippen LogP contribution in [-0.2, 0) is 13.1 Å². The first-order chi connectivity index (χ1) is 18.1. The molecule has 0 aliphatic heterocycles. The van der Waals surface area contributed by atoms with E-state index in [2.05, 4.69) is 36.1 Å². The Morgan fingerprint density at radius 2 is 1.78 bits per heavy atom. The van der Waals surface area contributed by atoms with Crippen LogP contribution in [0.4, 0.5) is 5.82 Å². The van der Waals surface area contributed by atoms with Gasteiger partial charge in [0.15, 0.2) is 11.5 Å².